The number of fused-ring (bicyclic) bond motifs is 3. The Balaban J connectivity index is 1.72. The highest BCUT2D eigenvalue weighted by Gasteiger charge is 2.64. The minimum atomic E-state index is -0.206. The van der Waals surface area contributed by atoms with Crippen LogP contribution in [-0.4, -0.2) is 23.1 Å². The van der Waals surface area contributed by atoms with Crippen LogP contribution in [0.1, 0.15) is 65.2 Å². The van der Waals surface area contributed by atoms with Gasteiger partial charge < -0.3 is 0 Å². The molecule has 0 amide bonds. The topological polar surface area (TPSA) is 34.1 Å². The first-order valence-corrected chi connectivity index (χ1v) is 11.4. The molecule has 0 radical (unpaired) electrons. The van der Waals surface area contributed by atoms with Crippen molar-refractivity contribution in [1.29, 1.82) is 0 Å². The van der Waals surface area contributed by atoms with Crippen LogP contribution in [0.25, 0.3) is 0 Å². The third kappa shape index (κ3) is 1.81. The van der Waals surface area contributed by atoms with Crippen LogP contribution >= 0.6 is 11.8 Å². The van der Waals surface area contributed by atoms with Crippen molar-refractivity contribution in [3.05, 3.63) is 34.4 Å². The van der Waals surface area contributed by atoms with Crippen molar-refractivity contribution in [3.63, 3.8) is 0 Å². The molecule has 1 fully saturated rings. The number of ketones is 2. The van der Waals surface area contributed by atoms with Gasteiger partial charge in [-0.2, -0.15) is 11.8 Å². The number of carbonyl (C=O) groups excluding carboxylic acids is 2. The smallest absolute Gasteiger partial charge is 0.155 e. The number of hydrogen-bond donors (Lipinski definition) is 0. The Kier molecular flexibility index (Phi) is 3.44. The summed E-state index contributed by atoms with van der Waals surface area (Å²) >= 11 is 1.90. The van der Waals surface area contributed by atoms with Crippen LogP contribution in [0.2, 0.25) is 0 Å². The molecule has 4 atom stereocenters. The summed E-state index contributed by atoms with van der Waals surface area (Å²) in [5.74, 6) is 0.799. The third-order valence-corrected chi connectivity index (χ3v) is 9.56. The fraction of sp³-hybridized carbons (Fsp3) is 0.652. The van der Waals surface area contributed by atoms with E-state index in [9.17, 15) is 9.59 Å². The zero-order valence-electron chi connectivity index (χ0n) is 16.1. The molecule has 5 rings (SSSR count). The zero-order chi connectivity index (χ0) is 18.3. The molecule has 3 heteroatoms. The molecule has 0 N–H and O–H groups in total. The molecule has 0 aliphatic heterocycles. The average molecular weight is 369 g/mol. The van der Waals surface area contributed by atoms with Crippen molar-refractivity contribution < 1.29 is 9.59 Å². The van der Waals surface area contributed by atoms with Crippen molar-refractivity contribution in [2.45, 2.75) is 70.5 Å². The maximum absolute atomic E-state index is 13.2. The molecule has 0 heterocycles. The second-order valence-corrected chi connectivity index (χ2v) is 10.5. The van der Waals surface area contributed by atoms with E-state index in [1.165, 1.54) is 16.7 Å². The van der Waals surface area contributed by atoms with E-state index < -0.39 is 0 Å². The number of allylic oxidation sites excluding steroid dienone is 5. The van der Waals surface area contributed by atoms with Crippen molar-refractivity contribution in [3.8, 4) is 0 Å². The fourth-order valence-corrected chi connectivity index (χ4v) is 7.81. The first kappa shape index (κ1) is 17.0. The molecule has 5 aliphatic rings. The normalized spacial score (nSPS) is 44.2. The lowest BCUT2D eigenvalue weighted by Crippen LogP contribution is -2.46. The van der Waals surface area contributed by atoms with Crippen LogP contribution in [0, 0.1) is 16.2 Å². The predicted molar refractivity (Wildman–Crippen MR) is 106 cm³/mol. The maximum atomic E-state index is 13.2. The first-order valence-electron chi connectivity index (χ1n) is 10.1. The summed E-state index contributed by atoms with van der Waals surface area (Å²) in [6.45, 7) is 4.72. The lowest BCUT2D eigenvalue weighted by atomic mass is 9.52. The molecule has 2 unspecified atom stereocenters. The molecule has 0 saturated heterocycles. The van der Waals surface area contributed by atoms with E-state index in [1.807, 2.05) is 17.8 Å². The minimum Gasteiger partial charge on any atom is -0.299 e. The van der Waals surface area contributed by atoms with E-state index >= 15 is 0 Å². The molecular formula is C23H28O2S. The summed E-state index contributed by atoms with van der Waals surface area (Å²) in [5, 5.41) is 0.398. The summed E-state index contributed by atoms with van der Waals surface area (Å²) < 4.78 is 0. The van der Waals surface area contributed by atoms with Gasteiger partial charge in [0.2, 0.25) is 0 Å². The van der Waals surface area contributed by atoms with Gasteiger partial charge in [0.25, 0.3) is 0 Å². The van der Waals surface area contributed by atoms with Gasteiger partial charge in [-0.25, -0.2) is 0 Å². The second kappa shape index (κ2) is 5.25. The number of hydrogen-bond acceptors (Lipinski definition) is 3. The summed E-state index contributed by atoms with van der Waals surface area (Å²) in [5.41, 5.74) is 5.79. The third-order valence-electron chi connectivity index (χ3n) is 8.59. The quantitative estimate of drug-likeness (QED) is 0.638. The van der Waals surface area contributed by atoms with Crippen LogP contribution in [-0.2, 0) is 9.59 Å². The molecular weight excluding hydrogens is 340 g/mol. The molecule has 1 spiro atoms. The Morgan fingerprint density at radius 1 is 1.08 bits per heavy atom. The average Bonchev–Trinajstić information content (AvgIpc) is 3.06. The van der Waals surface area contributed by atoms with Gasteiger partial charge in [-0.1, -0.05) is 31.1 Å². The van der Waals surface area contributed by atoms with Crippen LogP contribution in [0.5, 0.6) is 0 Å². The Morgan fingerprint density at radius 3 is 2.65 bits per heavy atom. The van der Waals surface area contributed by atoms with Crippen LogP contribution < -0.4 is 0 Å². The highest BCUT2D eigenvalue weighted by atomic mass is 32.2. The largest absolute Gasteiger partial charge is 0.299 e. The van der Waals surface area contributed by atoms with Crippen molar-refractivity contribution in [2.75, 3.05) is 6.26 Å². The van der Waals surface area contributed by atoms with Crippen LogP contribution in [0.3, 0.4) is 0 Å². The second-order valence-electron chi connectivity index (χ2n) is 9.50. The van der Waals surface area contributed by atoms with E-state index in [2.05, 4.69) is 26.2 Å². The molecule has 0 aromatic rings. The zero-order valence-corrected chi connectivity index (χ0v) is 16.9. The highest BCUT2D eigenvalue weighted by molar-refractivity contribution is 7.99. The Hall–Kier alpha value is -1.09. The van der Waals surface area contributed by atoms with Crippen molar-refractivity contribution in [1.82, 2.24) is 0 Å². The molecule has 2 nitrogen and oxygen atoms in total. The van der Waals surface area contributed by atoms with Crippen LogP contribution in [0.4, 0.5) is 0 Å². The van der Waals surface area contributed by atoms with E-state index in [4.69, 9.17) is 0 Å². The van der Waals surface area contributed by atoms with Gasteiger partial charge in [0.15, 0.2) is 5.78 Å². The lowest BCUT2D eigenvalue weighted by molar-refractivity contribution is -0.127. The van der Waals surface area contributed by atoms with E-state index in [1.54, 1.807) is 5.57 Å². The number of carbonyl (C=O) groups is 2. The predicted octanol–water partition coefficient (Wildman–Crippen LogP) is 5.19. The fourth-order valence-electron chi connectivity index (χ4n) is 6.96. The molecule has 0 bridgehead atoms. The van der Waals surface area contributed by atoms with Crippen LogP contribution in [0.15, 0.2) is 34.4 Å². The first-order chi connectivity index (χ1) is 12.4. The van der Waals surface area contributed by atoms with Gasteiger partial charge in [-0.05, 0) is 67.4 Å². The Morgan fingerprint density at radius 2 is 1.88 bits per heavy atom. The number of thioether (sulfide) groups is 1. The molecule has 0 aromatic heterocycles. The molecule has 138 valence electrons. The number of Topliss-reactive ketones (excluding diaryl/α,β-unsaturated/α-hetero) is 1. The van der Waals surface area contributed by atoms with Gasteiger partial charge in [0, 0.05) is 23.5 Å². The minimum absolute atomic E-state index is 0.0402. The van der Waals surface area contributed by atoms with E-state index in [0.29, 0.717) is 23.2 Å². The maximum Gasteiger partial charge on any atom is 0.155 e. The Labute approximate surface area is 160 Å². The lowest BCUT2D eigenvalue weighted by Gasteiger charge is -2.52. The Bertz CT molecular complexity index is 831. The van der Waals surface area contributed by atoms with Gasteiger partial charge in [0.1, 0.15) is 5.78 Å². The summed E-state index contributed by atoms with van der Waals surface area (Å²) in [7, 11) is 0. The number of rotatable bonds is 1. The molecule has 1 saturated carbocycles. The van der Waals surface area contributed by atoms with Gasteiger partial charge in [-0.3, -0.25) is 9.59 Å². The molecule has 26 heavy (non-hydrogen) atoms. The summed E-state index contributed by atoms with van der Waals surface area (Å²) in [6.07, 6.45) is 14.1. The van der Waals surface area contributed by atoms with Gasteiger partial charge >= 0.3 is 0 Å². The van der Waals surface area contributed by atoms with Crippen molar-refractivity contribution in [2.24, 2.45) is 16.2 Å². The summed E-state index contributed by atoms with van der Waals surface area (Å²) in [6, 6.07) is 0. The summed E-state index contributed by atoms with van der Waals surface area (Å²) in [4.78, 5) is 25.2. The molecule has 5 aliphatic carbocycles. The van der Waals surface area contributed by atoms with Crippen molar-refractivity contribution >= 4 is 23.3 Å². The van der Waals surface area contributed by atoms with E-state index in [-0.39, 0.29) is 16.2 Å². The monoisotopic (exact) mass is 368 g/mol. The van der Waals surface area contributed by atoms with Gasteiger partial charge in [0.05, 0.1) is 5.41 Å². The SMILES string of the molecule is CS[C@@H]1CC2=CC(=O)CCC2(C)C2=C1C1=CCC3(C)CCC(=O)[C@@]13CC2. The highest BCUT2D eigenvalue weighted by Crippen LogP contribution is 2.70. The molecule has 0 aromatic carbocycles. The van der Waals surface area contributed by atoms with Gasteiger partial charge in [-0.15, -0.1) is 0 Å². The standard InChI is InChI=1S/C23H28O2S/c1-21-8-5-17-20-16(6-11-23(17,21)19(25)7-9-21)22(2)10-4-15(24)12-14(22)13-18(20)26-3/h5,12,18H,4,6-11,13H2,1-3H3/t18-,21?,22?,23-/m1/s1. The van der Waals surface area contributed by atoms with E-state index in [0.717, 1.165) is 44.9 Å².